The van der Waals surface area contributed by atoms with Crippen LogP contribution in [0.2, 0.25) is 0 Å². The highest BCUT2D eigenvalue weighted by atomic mass is 16.2. The summed E-state index contributed by atoms with van der Waals surface area (Å²) in [5.41, 5.74) is 2.54. The lowest BCUT2D eigenvalue weighted by Crippen LogP contribution is -2.52. The predicted molar refractivity (Wildman–Crippen MR) is 92.3 cm³/mol. The Kier molecular flexibility index (Phi) is 5.68. The van der Waals surface area contributed by atoms with Crippen LogP contribution in [-0.4, -0.2) is 58.3 Å². The number of aryl methyl sites for hydroxylation is 1. The molecule has 0 bridgehead atoms. The third-order valence-electron chi connectivity index (χ3n) is 4.60. The molecule has 1 aliphatic rings. The summed E-state index contributed by atoms with van der Waals surface area (Å²) in [7, 11) is 1.91. The number of nitrogens with one attached hydrogen (secondary N) is 1. The zero-order valence-corrected chi connectivity index (χ0v) is 15.2. The second-order valence-electron chi connectivity index (χ2n) is 7.68. The maximum atomic E-state index is 12.3. The van der Waals surface area contributed by atoms with Crippen LogP contribution in [0, 0.1) is 12.3 Å². The van der Waals surface area contributed by atoms with Crippen LogP contribution in [0.1, 0.15) is 38.4 Å². The molecule has 2 rings (SSSR count). The highest BCUT2D eigenvalue weighted by Gasteiger charge is 2.22. The number of nitrogens with zero attached hydrogens (tertiary/aromatic N) is 4. The molecule has 1 saturated heterocycles. The molecule has 0 aromatic carbocycles. The summed E-state index contributed by atoms with van der Waals surface area (Å²) in [6, 6.07) is 0.0312. The molecule has 23 heavy (non-hydrogen) atoms. The molecule has 2 amide bonds. The van der Waals surface area contributed by atoms with Crippen LogP contribution in [0.3, 0.4) is 0 Å². The molecule has 1 aliphatic heterocycles. The van der Waals surface area contributed by atoms with Gasteiger partial charge in [0.2, 0.25) is 0 Å². The Bertz CT molecular complexity index is 524. The van der Waals surface area contributed by atoms with E-state index in [1.165, 1.54) is 6.42 Å². The van der Waals surface area contributed by atoms with Gasteiger partial charge in [-0.25, -0.2) is 4.79 Å². The number of hydrogen-bond donors (Lipinski definition) is 1. The summed E-state index contributed by atoms with van der Waals surface area (Å²) in [6.07, 6.45) is 3.01. The van der Waals surface area contributed by atoms with Crippen molar-refractivity contribution in [3.63, 3.8) is 0 Å². The van der Waals surface area contributed by atoms with E-state index in [1.807, 2.05) is 29.7 Å². The number of hydrogen-bond acceptors (Lipinski definition) is 3. The molecule has 0 atom stereocenters. The Morgan fingerprint density at radius 2 is 1.91 bits per heavy atom. The van der Waals surface area contributed by atoms with Crippen LogP contribution in [0.5, 0.6) is 0 Å². The van der Waals surface area contributed by atoms with Crippen LogP contribution in [-0.2, 0) is 13.6 Å². The summed E-state index contributed by atoms with van der Waals surface area (Å²) in [4.78, 5) is 16.7. The molecule has 1 N–H and O–H groups in total. The molecule has 6 heteroatoms. The van der Waals surface area contributed by atoms with Crippen molar-refractivity contribution < 1.29 is 4.79 Å². The van der Waals surface area contributed by atoms with Gasteiger partial charge in [0.1, 0.15) is 0 Å². The van der Waals surface area contributed by atoms with Crippen molar-refractivity contribution in [1.82, 2.24) is 24.9 Å². The van der Waals surface area contributed by atoms with E-state index in [1.54, 1.807) is 0 Å². The first-order valence-electron chi connectivity index (χ1n) is 8.49. The van der Waals surface area contributed by atoms with E-state index in [-0.39, 0.29) is 6.03 Å². The molecular weight excluding hydrogens is 290 g/mol. The van der Waals surface area contributed by atoms with Crippen LogP contribution in [0.25, 0.3) is 0 Å². The molecule has 2 heterocycles. The fraction of sp³-hybridized carbons (Fsp3) is 0.765. The van der Waals surface area contributed by atoms with E-state index in [0.717, 1.165) is 44.0 Å². The largest absolute Gasteiger partial charge is 0.334 e. The number of carbonyl (C=O) groups is 1. The molecule has 1 aromatic rings. The fourth-order valence-electron chi connectivity index (χ4n) is 2.67. The van der Waals surface area contributed by atoms with E-state index in [9.17, 15) is 4.79 Å². The van der Waals surface area contributed by atoms with Gasteiger partial charge in [0, 0.05) is 51.0 Å². The molecular formula is C17H31N5O. The fourth-order valence-corrected chi connectivity index (χ4v) is 2.67. The van der Waals surface area contributed by atoms with Crippen molar-refractivity contribution in [3.8, 4) is 0 Å². The number of carbonyl (C=O) groups excluding carboxylic acids is 1. The van der Waals surface area contributed by atoms with Crippen molar-refractivity contribution in [3.05, 3.63) is 17.5 Å². The predicted octanol–water partition coefficient (Wildman–Crippen LogP) is 1.99. The van der Waals surface area contributed by atoms with Crippen molar-refractivity contribution in [2.24, 2.45) is 12.5 Å². The zero-order chi connectivity index (χ0) is 17.0. The molecule has 0 saturated carbocycles. The molecule has 6 nitrogen and oxygen atoms in total. The molecule has 130 valence electrons. The van der Waals surface area contributed by atoms with Crippen molar-refractivity contribution >= 4 is 6.03 Å². The Balaban J connectivity index is 1.72. The molecule has 0 radical (unpaired) electrons. The highest BCUT2D eigenvalue weighted by Crippen LogP contribution is 2.19. The molecule has 1 fully saturated rings. The molecule has 0 aliphatic carbocycles. The van der Waals surface area contributed by atoms with Gasteiger partial charge in [-0.15, -0.1) is 0 Å². The Morgan fingerprint density at radius 3 is 2.43 bits per heavy atom. The molecule has 0 unspecified atom stereocenters. The number of piperazine rings is 1. The van der Waals surface area contributed by atoms with Gasteiger partial charge in [0.25, 0.3) is 0 Å². The summed E-state index contributed by atoms with van der Waals surface area (Å²) in [5.74, 6) is 0. The van der Waals surface area contributed by atoms with Crippen LogP contribution in [0.15, 0.2) is 6.20 Å². The maximum Gasteiger partial charge on any atom is 0.317 e. The summed E-state index contributed by atoms with van der Waals surface area (Å²) in [5, 5.41) is 7.21. The van der Waals surface area contributed by atoms with Gasteiger partial charge in [-0.2, -0.15) is 5.10 Å². The quantitative estimate of drug-likeness (QED) is 0.923. The van der Waals surface area contributed by atoms with Gasteiger partial charge in [-0.3, -0.25) is 9.58 Å². The lowest BCUT2D eigenvalue weighted by molar-refractivity contribution is 0.129. The lowest BCUT2D eigenvalue weighted by atomic mass is 9.92. The topological polar surface area (TPSA) is 53.4 Å². The average Bonchev–Trinajstić information content (AvgIpc) is 2.82. The summed E-state index contributed by atoms with van der Waals surface area (Å²) in [6.45, 7) is 14.1. The molecule has 0 spiro atoms. The average molecular weight is 321 g/mol. The number of amides is 2. The first-order chi connectivity index (χ1) is 10.8. The monoisotopic (exact) mass is 321 g/mol. The smallest absolute Gasteiger partial charge is 0.317 e. The van der Waals surface area contributed by atoms with Gasteiger partial charge in [0.15, 0.2) is 0 Å². The Labute approximate surface area is 139 Å². The van der Waals surface area contributed by atoms with Crippen LogP contribution in [0.4, 0.5) is 4.79 Å². The van der Waals surface area contributed by atoms with E-state index >= 15 is 0 Å². The number of aromatic nitrogens is 2. The van der Waals surface area contributed by atoms with E-state index < -0.39 is 0 Å². The normalized spacial score (nSPS) is 16.7. The van der Waals surface area contributed by atoms with Gasteiger partial charge in [0.05, 0.1) is 6.20 Å². The third kappa shape index (κ3) is 5.23. The minimum Gasteiger partial charge on any atom is -0.334 e. The van der Waals surface area contributed by atoms with E-state index in [4.69, 9.17) is 0 Å². The first-order valence-corrected chi connectivity index (χ1v) is 8.49. The Hall–Kier alpha value is -1.56. The van der Waals surface area contributed by atoms with E-state index in [0.29, 0.717) is 12.0 Å². The number of urea groups is 1. The Morgan fingerprint density at radius 1 is 1.26 bits per heavy atom. The lowest BCUT2D eigenvalue weighted by Gasteiger charge is -2.35. The van der Waals surface area contributed by atoms with Crippen molar-refractivity contribution in [2.75, 3.05) is 32.7 Å². The van der Waals surface area contributed by atoms with Crippen molar-refractivity contribution in [2.45, 2.75) is 40.7 Å². The SMILES string of the molecule is Cc1c(CNC(=O)N2CCN(CCC(C)(C)C)CC2)cnn1C. The summed E-state index contributed by atoms with van der Waals surface area (Å²) >= 11 is 0. The van der Waals surface area contributed by atoms with Crippen LogP contribution >= 0.6 is 0 Å². The standard InChI is InChI=1S/C17H31N5O/c1-14-15(13-19-20(14)5)12-18-16(23)22-10-8-21(9-11-22)7-6-17(2,3)4/h13H,6-12H2,1-5H3,(H,18,23). The minimum absolute atomic E-state index is 0.0312. The number of rotatable bonds is 4. The first kappa shape index (κ1) is 17.8. The van der Waals surface area contributed by atoms with Gasteiger partial charge < -0.3 is 10.2 Å². The van der Waals surface area contributed by atoms with E-state index in [2.05, 4.69) is 36.1 Å². The van der Waals surface area contributed by atoms with Crippen LogP contribution < -0.4 is 5.32 Å². The highest BCUT2D eigenvalue weighted by molar-refractivity contribution is 5.74. The zero-order valence-electron chi connectivity index (χ0n) is 15.2. The minimum atomic E-state index is 0.0312. The third-order valence-corrected chi connectivity index (χ3v) is 4.60. The summed E-state index contributed by atoms with van der Waals surface area (Å²) < 4.78 is 1.83. The second-order valence-corrected chi connectivity index (χ2v) is 7.68. The van der Waals surface area contributed by atoms with Crippen molar-refractivity contribution in [1.29, 1.82) is 0 Å². The maximum absolute atomic E-state index is 12.3. The van der Waals surface area contributed by atoms with Gasteiger partial charge >= 0.3 is 6.03 Å². The second kappa shape index (κ2) is 7.34. The molecule has 1 aromatic heterocycles. The van der Waals surface area contributed by atoms with Gasteiger partial charge in [-0.05, 0) is 25.3 Å². The van der Waals surface area contributed by atoms with Gasteiger partial charge in [-0.1, -0.05) is 20.8 Å².